The van der Waals surface area contributed by atoms with Gasteiger partial charge in [0, 0.05) is 13.6 Å². The number of aryl methyl sites for hydroxylation is 1. The molecule has 1 N–H and O–H groups in total. The fourth-order valence-electron chi connectivity index (χ4n) is 2.88. The first-order chi connectivity index (χ1) is 13.8. The molecule has 4 amide bonds. The normalized spacial score (nSPS) is 15.6. The molecular formula is C20H16BrIN2O5. The standard InChI is InChI=1S/C20H16BrIN2O5/c1-10-6-13(4-5-15(10)21)24-19(26)14(18(25)23-20(24)27)8-11-7-12(22)9-16(28-2)17(11)29-3/h4-9H,1-3H3,(H,23,25,27)/b14-8+. The molecule has 0 saturated carbocycles. The van der Waals surface area contributed by atoms with Gasteiger partial charge in [-0.1, -0.05) is 15.9 Å². The number of nitrogens with zero attached hydrogens (tertiary/aromatic N) is 1. The Morgan fingerprint density at radius 1 is 1.10 bits per heavy atom. The van der Waals surface area contributed by atoms with E-state index in [9.17, 15) is 14.4 Å². The lowest BCUT2D eigenvalue weighted by atomic mass is 10.1. The van der Waals surface area contributed by atoms with E-state index in [4.69, 9.17) is 9.47 Å². The van der Waals surface area contributed by atoms with Crippen LogP contribution in [-0.2, 0) is 9.59 Å². The highest BCUT2D eigenvalue weighted by Gasteiger charge is 2.37. The molecular weight excluding hydrogens is 555 g/mol. The Kier molecular flexibility index (Phi) is 6.27. The van der Waals surface area contributed by atoms with E-state index in [1.165, 1.54) is 20.3 Å². The first kappa shape index (κ1) is 21.3. The van der Waals surface area contributed by atoms with Crippen LogP contribution in [0.25, 0.3) is 6.08 Å². The van der Waals surface area contributed by atoms with Crippen LogP contribution in [-0.4, -0.2) is 32.1 Å². The second-order valence-corrected chi connectivity index (χ2v) is 8.22. The van der Waals surface area contributed by atoms with Crippen LogP contribution in [0.1, 0.15) is 11.1 Å². The lowest BCUT2D eigenvalue weighted by Crippen LogP contribution is -2.54. The third kappa shape index (κ3) is 4.15. The monoisotopic (exact) mass is 570 g/mol. The number of methoxy groups -OCH3 is 2. The summed E-state index contributed by atoms with van der Waals surface area (Å²) in [5.74, 6) is -0.652. The molecule has 0 radical (unpaired) electrons. The van der Waals surface area contributed by atoms with Crippen molar-refractivity contribution in [3.8, 4) is 11.5 Å². The summed E-state index contributed by atoms with van der Waals surface area (Å²) in [6.45, 7) is 1.84. The van der Waals surface area contributed by atoms with Gasteiger partial charge in [0.2, 0.25) is 0 Å². The van der Waals surface area contributed by atoms with Gasteiger partial charge in [0.25, 0.3) is 11.8 Å². The van der Waals surface area contributed by atoms with E-state index >= 15 is 0 Å². The second kappa shape index (κ2) is 8.54. The predicted octanol–water partition coefficient (Wildman–Crippen LogP) is 4.05. The molecule has 1 aliphatic rings. The lowest BCUT2D eigenvalue weighted by Gasteiger charge is -2.27. The fraction of sp³-hybridized carbons (Fsp3) is 0.150. The summed E-state index contributed by atoms with van der Waals surface area (Å²) < 4.78 is 12.4. The summed E-state index contributed by atoms with van der Waals surface area (Å²) in [7, 11) is 2.97. The van der Waals surface area contributed by atoms with Gasteiger partial charge in [-0.05, 0) is 71.5 Å². The highest BCUT2D eigenvalue weighted by molar-refractivity contribution is 14.1. The van der Waals surface area contributed by atoms with Gasteiger partial charge in [-0.15, -0.1) is 0 Å². The third-order valence-corrected chi connectivity index (χ3v) is 5.79. The van der Waals surface area contributed by atoms with E-state index in [0.29, 0.717) is 22.7 Å². The summed E-state index contributed by atoms with van der Waals surface area (Å²) in [4.78, 5) is 38.8. The van der Waals surface area contributed by atoms with E-state index in [2.05, 4.69) is 43.8 Å². The van der Waals surface area contributed by atoms with Gasteiger partial charge in [-0.25, -0.2) is 9.69 Å². The maximum atomic E-state index is 13.1. The number of carbonyl (C=O) groups is 3. The average Bonchev–Trinajstić information content (AvgIpc) is 2.67. The minimum atomic E-state index is -0.800. The molecule has 0 bridgehead atoms. The van der Waals surface area contributed by atoms with Crippen molar-refractivity contribution in [3.05, 3.63) is 55.1 Å². The Hall–Kier alpha value is -2.40. The molecule has 3 rings (SSSR count). The zero-order chi connectivity index (χ0) is 21.3. The number of barbiturate groups is 1. The van der Waals surface area contributed by atoms with E-state index < -0.39 is 17.8 Å². The molecule has 1 fully saturated rings. The number of hydrogen-bond acceptors (Lipinski definition) is 5. The first-order valence-corrected chi connectivity index (χ1v) is 10.2. The van der Waals surface area contributed by atoms with Gasteiger partial charge in [0.1, 0.15) is 5.57 Å². The van der Waals surface area contributed by atoms with Crippen LogP contribution in [0.2, 0.25) is 0 Å². The summed E-state index contributed by atoms with van der Waals surface area (Å²) in [6, 6.07) is 7.76. The van der Waals surface area contributed by atoms with Gasteiger partial charge in [0.05, 0.1) is 19.9 Å². The molecule has 1 heterocycles. The SMILES string of the molecule is COc1cc(I)cc(/C=C2\C(=O)NC(=O)N(c3ccc(Br)c(C)c3)C2=O)c1OC. The number of anilines is 1. The molecule has 9 heteroatoms. The van der Waals surface area contributed by atoms with Crippen LogP contribution in [0, 0.1) is 10.5 Å². The molecule has 2 aromatic rings. The molecule has 0 spiro atoms. The van der Waals surface area contributed by atoms with Crippen molar-refractivity contribution >= 4 is 68.1 Å². The number of ether oxygens (including phenoxy) is 2. The van der Waals surface area contributed by atoms with Crippen LogP contribution in [0.4, 0.5) is 10.5 Å². The predicted molar refractivity (Wildman–Crippen MR) is 120 cm³/mol. The quantitative estimate of drug-likeness (QED) is 0.341. The van der Waals surface area contributed by atoms with Crippen LogP contribution in [0.5, 0.6) is 11.5 Å². The molecule has 0 aliphatic carbocycles. The van der Waals surface area contributed by atoms with Crippen LogP contribution in [0.3, 0.4) is 0 Å². The van der Waals surface area contributed by atoms with Crippen molar-refractivity contribution in [2.75, 3.05) is 19.1 Å². The van der Waals surface area contributed by atoms with Crippen molar-refractivity contribution < 1.29 is 23.9 Å². The number of carbonyl (C=O) groups excluding carboxylic acids is 3. The van der Waals surface area contributed by atoms with Gasteiger partial charge in [-0.2, -0.15) is 0 Å². The van der Waals surface area contributed by atoms with Gasteiger partial charge >= 0.3 is 6.03 Å². The summed E-state index contributed by atoms with van der Waals surface area (Å²) in [6.07, 6.45) is 1.40. The Morgan fingerprint density at radius 3 is 2.45 bits per heavy atom. The number of amides is 4. The zero-order valence-electron chi connectivity index (χ0n) is 15.7. The topological polar surface area (TPSA) is 84.9 Å². The maximum absolute atomic E-state index is 13.1. The highest BCUT2D eigenvalue weighted by atomic mass is 127. The molecule has 1 aliphatic heterocycles. The van der Waals surface area contributed by atoms with E-state index in [0.717, 1.165) is 18.5 Å². The molecule has 2 aromatic carbocycles. The number of benzene rings is 2. The van der Waals surface area contributed by atoms with Gasteiger partial charge in [0.15, 0.2) is 11.5 Å². The molecule has 29 heavy (non-hydrogen) atoms. The number of nitrogens with one attached hydrogen (secondary N) is 1. The Labute approximate surface area is 189 Å². The first-order valence-electron chi connectivity index (χ1n) is 8.36. The Bertz CT molecular complexity index is 1070. The third-order valence-electron chi connectivity index (χ3n) is 4.27. The maximum Gasteiger partial charge on any atom is 0.335 e. The number of halogens is 2. The lowest BCUT2D eigenvalue weighted by molar-refractivity contribution is -0.122. The summed E-state index contributed by atoms with van der Waals surface area (Å²) in [5.41, 5.74) is 1.50. The number of rotatable bonds is 4. The molecule has 0 unspecified atom stereocenters. The number of imide groups is 2. The Morgan fingerprint density at radius 2 is 1.83 bits per heavy atom. The van der Waals surface area contributed by atoms with Crippen molar-refractivity contribution in [2.45, 2.75) is 6.92 Å². The molecule has 150 valence electrons. The zero-order valence-corrected chi connectivity index (χ0v) is 19.5. The van der Waals surface area contributed by atoms with Crippen LogP contribution >= 0.6 is 38.5 Å². The van der Waals surface area contributed by atoms with Crippen molar-refractivity contribution in [1.29, 1.82) is 0 Å². The molecule has 1 saturated heterocycles. The van der Waals surface area contributed by atoms with Gasteiger partial charge in [-0.3, -0.25) is 14.9 Å². The minimum Gasteiger partial charge on any atom is -0.493 e. The van der Waals surface area contributed by atoms with Crippen LogP contribution in [0.15, 0.2) is 40.4 Å². The van der Waals surface area contributed by atoms with E-state index in [-0.39, 0.29) is 5.57 Å². The largest absolute Gasteiger partial charge is 0.493 e. The smallest absolute Gasteiger partial charge is 0.335 e. The molecule has 7 nitrogen and oxygen atoms in total. The number of urea groups is 1. The fourth-order valence-corrected chi connectivity index (χ4v) is 3.75. The highest BCUT2D eigenvalue weighted by Crippen LogP contribution is 2.35. The Balaban J connectivity index is 2.11. The van der Waals surface area contributed by atoms with Gasteiger partial charge < -0.3 is 9.47 Å². The second-order valence-electron chi connectivity index (χ2n) is 6.12. The molecule has 0 atom stereocenters. The van der Waals surface area contributed by atoms with Crippen molar-refractivity contribution in [2.24, 2.45) is 0 Å². The molecule has 0 aromatic heterocycles. The van der Waals surface area contributed by atoms with Crippen molar-refractivity contribution in [3.63, 3.8) is 0 Å². The average molecular weight is 571 g/mol. The summed E-state index contributed by atoms with van der Waals surface area (Å²) >= 11 is 5.49. The van der Waals surface area contributed by atoms with E-state index in [1.807, 2.05) is 6.92 Å². The van der Waals surface area contributed by atoms with Crippen LogP contribution < -0.4 is 19.7 Å². The summed E-state index contributed by atoms with van der Waals surface area (Å²) in [5, 5.41) is 2.22. The minimum absolute atomic E-state index is 0.187. The number of hydrogen-bond donors (Lipinski definition) is 1. The van der Waals surface area contributed by atoms with E-state index in [1.54, 1.807) is 30.3 Å². The van der Waals surface area contributed by atoms with Crippen molar-refractivity contribution in [1.82, 2.24) is 5.32 Å².